The van der Waals surface area contributed by atoms with Gasteiger partial charge in [-0.25, -0.2) is 0 Å². The van der Waals surface area contributed by atoms with Gasteiger partial charge in [-0.2, -0.15) is 0 Å². The van der Waals surface area contributed by atoms with Crippen molar-refractivity contribution in [2.75, 3.05) is 0 Å². The molecule has 0 aliphatic heterocycles. The van der Waals surface area contributed by atoms with Gasteiger partial charge in [-0.1, -0.05) is 31.9 Å². The predicted octanol–water partition coefficient (Wildman–Crippen LogP) is -0.707. The molecule has 0 aromatic heterocycles. The molecule has 0 aliphatic rings. The Kier molecular flexibility index (Phi) is 14.4. The zero-order valence-corrected chi connectivity index (χ0v) is 12.3. The van der Waals surface area contributed by atoms with E-state index in [1.165, 1.54) is 6.42 Å². The van der Waals surface area contributed by atoms with Gasteiger partial charge in [0.2, 0.25) is 0 Å². The number of allylic oxidation sites excluding steroid dienone is 2. The summed E-state index contributed by atoms with van der Waals surface area (Å²) in [6.07, 6.45) is 9.65. The predicted molar refractivity (Wildman–Crippen MR) is 56.7 cm³/mol. The number of carboxylic acid groups (broad SMARTS) is 1. The molecule has 82 valence electrons. The van der Waals surface area contributed by atoms with Crippen molar-refractivity contribution < 1.29 is 39.5 Å². The molecule has 3 heteroatoms. The Bertz CT molecular complexity index is 178. The van der Waals surface area contributed by atoms with Crippen LogP contribution in [0, 0.1) is 5.92 Å². The van der Waals surface area contributed by atoms with Crippen LogP contribution in [0.4, 0.5) is 0 Å². The Balaban J connectivity index is 0. The Labute approximate surface area is 115 Å². The minimum Gasteiger partial charge on any atom is -0.550 e. The molecule has 1 unspecified atom stereocenters. The quantitative estimate of drug-likeness (QED) is 0.400. The summed E-state index contributed by atoms with van der Waals surface area (Å²) in [5.41, 5.74) is 0. The Morgan fingerprint density at radius 3 is 2.53 bits per heavy atom. The molecule has 2 nitrogen and oxygen atoms in total. The fourth-order valence-electron chi connectivity index (χ4n) is 1.59. The van der Waals surface area contributed by atoms with E-state index in [1.54, 1.807) is 0 Å². The van der Waals surface area contributed by atoms with Gasteiger partial charge in [0, 0.05) is 5.97 Å². The molecule has 0 heterocycles. The van der Waals surface area contributed by atoms with Crippen LogP contribution in [0.25, 0.3) is 0 Å². The van der Waals surface area contributed by atoms with Gasteiger partial charge in [-0.3, -0.25) is 0 Å². The second kappa shape index (κ2) is 12.3. The van der Waals surface area contributed by atoms with Gasteiger partial charge in [0.1, 0.15) is 0 Å². The molecule has 0 rings (SSSR count). The maximum absolute atomic E-state index is 10.2. The molecule has 0 saturated carbocycles. The van der Waals surface area contributed by atoms with Crippen LogP contribution in [0.2, 0.25) is 0 Å². The molecule has 0 saturated heterocycles. The van der Waals surface area contributed by atoms with Gasteiger partial charge in [0.05, 0.1) is 0 Å². The third-order valence-electron chi connectivity index (χ3n) is 2.55. The zero-order chi connectivity index (χ0) is 10.8. The van der Waals surface area contributed by atoms with Gasteiger partial charge >= 0.3 is 29.6 Å². The molecular formula is C12H21NaO2. The summed E-state index contributed by atoms with van der Waals surface area (Å²) >= 11 is 0. The second-order valence-electron chi connectivity index (χ2n) is 3.68. The number of carboxylic acids is 1. The van der Waals surface area contributed by atoms with Gasteiger partial charge < -0.3 is 9.90 Å². The van der Waals surface area contributed by atoms with Crippen LogP contribution in [-0.4, -0.2) is 5.97 Å². The van der Waals surface area contributed by atoms with Crippen LogP contribution in [-0.2, 0) is 4.79 Å². The van der Waals surface area contributed by atoms with E-state index in [1.807, 2.05) is 6.92 Å². The summed E-state index contributed by atoms with van der Waals surface area (Å²) in [7, 11) is 0. The van der Waals surface area contributed by atoms with Crippen LogP contribution >= 0.6 is 0 Å². The summed E-state index contributed by atoms with van der Waals surface area (Å²) < 4.78 is 0. The summed E-state index contributed by atoms with van der Waals surface area (Å²) in [6, 6.07) is 0. The van der Waals surface area contributed by atoms with Crippen molar-refractivity contribution in [3.8, 4) is 0 Å². The Hall–Kier alpha value is 0.210. The molecule has 1 atom stereocenters. The fraction of sp³-hybridized carbons (Fsp3) is 0.750. The average Bonchev–Trinajstić information content (AvgIpc) is 2.15. The smallest absolute Gasteiger partial charge is 0.550 e. The van der Waals surface area contributed by atoms with Crippen LogP contribution in [0.3, 0.4) is 0 Å². The molecule has 0 aromatic carbocycles. The Morgan fingerprint density at radius 2 is 2.07 bits per heavy atom. The molecule has 15 heavy (non-hydrogen) atoms. The van der Waals surface area contributed by atoms with E-state index in [0.29, 0.717) is 5.92 Å². The number of rotatable bonds is 8. The Morgan fingerprint density at radius 1 is 1.40 bits per heavy atom. The van der Waals surface area contributed by atoms with E-state index in [4.69, 9.17) is 0 Å². The van der Waals surface area contributed by atoms with E-state index < -0.39 is 5.97 Å². The average molecular weight is 220 g/mol. The summed E-state index contributed by atoms with van der Waals surface area (Å²) in [6.45, 7) is 4.19. The second-order valence-corrected chi connectivity index (χ2v) is 3.68. The van der Waals surface area contributed by atoms with E-state index in [2.05, 4.69) is 19.1 Å². The number of hydrogen-bond donors (Lipinski definition) is 0. The molecule has 0 bridgehead atoms. The van der Waals surface area contributed by atoms with E-state index in [-0.39, 0.29) is 36.0 Å². The number of carbonyl (C=O) groups excluding carboxylic acids is 1. The zero-order valence-electron chi connectivity index (χ0n) is 10.3. The molecule has 0 aromatic rings. The first-order valence-electron chi connectivity index (χ1n) is 5.51. The van der Waals surface area contributed by atoms with Crippen molar-refractivity contribution in [1.82, 2.24) is 0 Å². The molecule has 0 spiro atoms. The molecule has 0 N–H and O–H groups in total. The van der Waals surface area contributed by atoms with Crippen LogP contribution in [0.5, 0.6) is 0 Å². The number of aliphatic carboxylic acids is 1. The summed E-state index contributed by atoms with van der Waals surface area (Å²) in [5.74, 6) is -0.251. The van der Waals surface area contributed by atoms with Gasteiger partial charge in [0.25, 0.3) is 0 Å². The van der Waals surface area contributed by atoms with Crippen molar-refractivity contribution in [2.24, 2.45) is 5.92 Å². The third kappa shape index (κ3) is 12.1. The van der Waals surface area contributed by atoms with Gasteiger partial charge in [0.15, 0.2) is 0 Å². The molecule has 0 aliphatic carbocycles. The van der Waals surface area contributed by atoms with Crippen LogP contribution in [0.15, 0.2) is 12.2 Å². The van der Waals surface area contributed by atoms with Crippen LogP contribution < -0.4 is 34.7 Å². The number of carbonyl (C=O) groups is 1. The minimum absolute atomic E-state index is 0. The monoisotopic (exact) mass is 220 g/mol. The van der Waals surface area contributed by atoms with Crippen molar-refractivity contribution in [2.45, 2.75) is 52.4 Å². The van der Waals surface area contributed by atoms with E-state index in [0.717, 1.165) is 25.7 Å². The van der Waals surface area contributed by atoms with Crippen LogP contribution in [0.1, 0.15) is 52.4 Å². The van der Waals surface area contributed by atoms with Gasteiger partial charge in [-0.05, 0) is 38.5 Å². The largest absolute Gasteiger partial charge is 1.00 e. The molecule has 0 amide bonds. The van der Waals surface area contributed by atoms with E-state index in [9.17, 15) is 9.90 Å². The molecular weight excluding hydrogens is 199 g/mol. The SMILES string of the molecule is C/C=C/CCC(CC)CCCC(=O)[O-].[Na+]. The first-order valence-corrected chi connectivity index (χ1v) is 5.51. The van der Waals surface area contributed by atoms with Crippen molar-refractivity contribution in [3.63, 3.8) is 0 Å². The fourth-order valence-corrected chi connectivity index (χ4v) is 1.59. The molecule has 0 fully saturated rings. The first kappa shape index (κ1) is 17.6. The minimum atomic E-state index is -0.923. The number of hydrogen-bond acceptors (Lipinski definition) is 2. The molecule has 0 radical (unpaired) electrons. The first-order chi connectivity index (χ1) is 6.70. The maximum Gasteiger partial charge on any atom is 1.00 e. The van der Waals surface area contributed by atoms with Crippen molar-refractivity contribution in [1.29, 1.82) is 0 Å². The van der Waals surface area contributed by atoms with Gasteiger partial charge in [-0.15, -0.1) is 0 Å². The standard InChI is InChI=1S/C12H22O2.Na/c1-3-5-6-8-11(4-2)9-7-10-12(13)14;/h3,5,11H,4,6-10H2,1-2H3,(H,13,14);/q;+1/p-1/b5-3+;. The maximum atomic E-state index is 10.2. The third-order valence-corrected chi connectivity index (χ3v) is 2.55. The van der Waals surface area contributed by atoms with Crippen molar-refractivity contribution >= 4 is 5.97 Å². The van der Waals surface area contributed by atoms with Crippen molar-refractivity contribution in [3.05, 3.63) is 12.2 Å². The topological polar surface area (TPSA) is 40.1 Å². The van der Waals surface area contributed by atoms with E-state index >= 15 is 0 Å². The summed E-state index contributed by atoms with van der Waals surface area (Å²) in [5, 5.41) is 10.2. The summed E-state index contributed by atoms with van der Waals surface area (Å²) in [4.78, 5) is 10.2. The normalized spacial score (nSPS) is 12.4.